The van der Waals surface area contributed by atoms with Crippen LogP contribution in [0.2, 0.25) is 0 Å². The molecule has 1 aromatic rings. The van der Waals surface area contributed by atoms with Gasteiger partial charge in [0.2, 0.25) is 5.91 Å². The highest BCUT2D eigenvalue weighted by molar-refractivity contribution is 5.96. The first-order valence-electron chi connectivity index (χ1n) is 7.16. The topological polar surface area (TPSA) is 66.4 Å². The standard InChI is InChI=1S/C16H19NO3/c1-9-3-2-4-12(7-9)17-15(18)13-10-5-6-11(8-10)14(13)16(19)20/h2-4,7,10-11,13-14H,5-6,8H2,1H3,(H,17,18)(H,19,20)/t10-,11-,13+,14+/m0/s1. The summed E-state index contributed by atoms with van der Waals surface area (Å²) < 4.78 is 0. The molecule has 2 bridgehead atoms. The van der Waals surface area contributed by atoms with Gasteiger partial charge in [-0.05, 0) is 55.7 Å². The van der Waals surface area contributed by atoms with E-state index in [4.69, 9.17) is 0 Å². The first-order valence-corrected chi connectivity index (χ1v) is 7.16. The van der Waals surface area contributed by atoms with Crippen LogP contribution in [0.25, 0.3) is 0 Å². The van der Waals surface area contributed by atoms with Gasteiger partial charge in [-0.15, -0.1) is 0 Å². The van der Waals surface area contributed by atoms with Gasteiger partial charge in [0.25, 0.3) is 0 Å². The number of carbonyl (C=O) groups excluding carboxylic acids is 1. The lowest BCUT2D eigenvalue weighted by Crippen LogP contribution is -2.37. The lowest BCUT2D eigenvalue weighted by Gasteiger charge is -2.27. The number of amides is 1. The maximum absolute atomic E-state index is 12.5. The molecule has 20 heavy (non-hydrogen) atoms. The van der Waals surface area contributed by atoms with E-state index in [0.717, 1.165) is 30.5 Å². The summed E-state index contributed by atoms with van der Waals surface area (Å²) in [5, 5.41) is 12.3. The number of hydrogen-bond donors (Lipinski definition) is 2. The second kappa shape index (κ2) is 4.93. The van der Waals surface area contributed by atoms with Crippen LogP contribution in [0.5, 0.6) is 0 Å². The molecular formula is C16H19NO3. The first kappa shape index (κ1) is 13.2. The van der Waals surface area contributed by atoms with Crippen molar-refractivity contribution in [2.24, 2.45) is 23.7 Å². The fraction of sp³-hybridized carbons (Fsp3) is 0.500. The van der Waals surface area contributed by atoms with Crippen molar-refractivity contribution >= 4 is 17.6 Å². The maximum Gasteiger partial charge on any atom is 0.307 e. The Morgan fingerprint density at radius 2 is 1.90 bits per heavy atom. The number of carbonyl (C=O) groups is 2. The van der Waals surface area contributed by atoms with Gasteiger partial charge in [0.05, 0.1) is 11.8 Å². The minimum absolute atomic E-state index is 0.129. The smallest absolute Gasteiger partial charge is 0.307 e. The second-order valence-electron chi connectivity index (χ2n) is 6.08. The monoisotopic (exact) mass is 273 g/mol. The summed E-state index contributed by atoms with van der Waals surface area (Å²) in [5.41, 5.74) is 1.83. The van der Waals surface area contributed by atoms with Crippen molar-refractivity contribution < 1.29 is 14.7 Å². The van der Waals surface area contributed by atoms with Crippen LogP contribution in [0.4, 0.5) is 5.69 Å². The van der Waals surface area contributed by atoms with E-state index in [1.165, 1.54) is 0 Å². The number of anilines is 1. The van der Waals surface area contributed by atoms with Crippen molar-refractivity contribution in [2.75, 3.05) is 5.32 Å². The normalized spacial score (nSPS) is 31.2. The van der Waals surface area contributed by atoms with Gasteiger partial charge in [-0.3, -0.25) is 9.59 Å². The summed E-state index contributed by atoms with van der Waals surface area (Å²) >= 11 is 0. The van der Waals surface area contributed by atoms with Crippen LogP contribution in [0.1, 0.15) is 24.8 Å². The number of benzene rings is 1. The third-order valence-corrected chi connectivity index (χ3v) is 4.79. The third-order valence-electron chi connectivity index (χ3n) is 4.79. The van der Waals surface area contributed by atoms with Crippen molar-refractivity contribution in [3.8, 4) is 0 Å². The summed E-state index contributed by atoms with van der Waals surface area (Å²) in [6, 6.07) is 7.60. The van der Waals surface area contributed by atoms with Crippen LogP contribution < -0.4 is 5.32 Å². The molecule has 4 nitrogen and oxygen atoms in total. The van der Waals surface area contributed by atoms with Crippen molar-refractivity contribution in [2.45, 2.75) is 26.2 Å². The molecule has 0 saturated heterocycles. The number of rotatable bonds is 3. The molecule has 0 spiro atoms. The highest BCUT2D eigenvalue weighted by Crippen LogP contribution is 2.52. The SMILES string of the molecule is Cc1cccc(NC(=O)[C@@H]2[C@H]3CC[C@@H](C3)[C@H]2C(=O)O)c1. The number of carboxylic acids is 1. The number of fused-ring (bicyclic) bond motifs is 2. The molecule has 3 rings (SSSR count). The average molecular weight is 273 g/mol. The van der Waals surface area contributed by atoms with Crippen molar-refractivity contribution in [3.63, 3.8) is 0 Å². The Kier molecular flexibility index (Phi) is 3.24. The van der Waals surface area contributed by atoms with E-state index >= 15 is 0 Å². The largest absolute Gasteiger partial charge is 0.481 e. The van der Waals surface area contributed by atoms with Crippen molar-refractivity contribution in [3.05, 3.63) is 29.8 Å². The molecule has 0 unspecified atom stereocenters. The quantitative estimate of drug-likeness (QED) is 0.889. The fourth-order valence-corrected chi connectivity index (χ4v) is 3.97. The summed E-state index contributed by atoms with van der Waals surface area (Å²) in [6.07, 6.45) is 2.83. The summed E-state index contributed by atoms with van der Waals surface area (Å²) in [7, 11) is 0. The summed E-state index contributed by atoms with van der Waals surface area (Å²) in [6.45, 7) is 1.97. The van der Waals surface area contributed by atoms with E-state index in [9.17, 15) is 14.7 Å². The Balaban J connectivity index is 1.78. The zero-order valence-corrected chi connectivity index (χ0v) is 11.5. The Bertz CT molecular complexity index is 554. The molecule has 0 heterocycles. The molecule has 2 fully saturated rings. The molecular weight excluding hydrogens is 254 g/mol. The molecule has 2 saturated carbocycles. The van der Waals surface area contributed by atoms with Crippen LogP contribution >= 0.6 is 0 Å². The van der Waals surface area contributed by atoms with E-state index in [1.54, 1.807) is 0 Å². The molecule has 0 aliphatic heterocycles. The van der Waals surface area contributed by atoms with Gasteiger partial charge in [-0.2, -0.15) is 0 Å². The van der Waals surface area contributed by atoms with Gasteiger partial charge in [0, 0.05) is 5.69 Å². The molecule has 2 aliphatic rings. The van der Waals surface area contributed by atoms with E-state index in [2.05, 4.69) is 5.32 Å². The molecule has 1 aromatic carbocycles. The van der Waals surface area contributed by atoms with Crippen LogP contribution in [-0.2, 0) is 9.59 Å². The predicted octanol–water partition coefficient (Wildman–Crippen LogP) is 2.68. The van der Waals surface area contributed by atoms with Crippen molar-refractivity contribution in [1.29, 1.82) is 0 Å². The molecule has 0 radical (unpaired) electrons. The van der Waals surface area contributed by atoms with E-state index in [0.29, 0.717) is 0 Å². The number of hydrogen-bond acceptors (Lipinski definition) is 2. The Morgan fingerprint density at radius 3 is 2.55 bits per heavy atom. The van der Waals surface area contributed by atoms with E-state index in [1.807, 2.05) is 31.2 Å². The Hall–Kier alpha value is -1.84. The van der Waals surface area contributed by atoms with Crippen LogP contribution in [0, 0.1) is 30.6 Å². The van der Waals surface area contributed by atoms with Crippen LogP contribution in [-0.4, -0.2) is 17.0 Å². The number of nitrogens with one attached hydrogen (secondary N) is 1. The molecule has 0 aromatic heterocycles. The highest BCUT2D eigenvalue weighted by atomic mass is 16.4. The van der Waals surface area contributed by atoms with Gasteiger partial charge < -0.3 is 10.4 Å². The maximum atomic E-state index is 12.5. The van der Waals surface area contributed by atoms with Gasteiger partial charge in [0.1, 0.15) is 0 Å². The van der Waals surface area contributed by atoms with E-state index < -0.39 is 11.9 Å². The van der Waals surface area contributed by atoms with Gasteiger partial charge in [0.15, 0.2) is 0 Å². The van der Waals surface area contributed by atoms with Crippen LogP contribution in [0.15, 0.2) is 24.3 Å². The lowest BCUT2D eigenvalue weighted by atomic mass is 9.78. The highest BCUT2D eigenvalue weighted by Gasteiger charge is 2.53. The Morgan fingerprint density at radius 1 is 1.20 bits per heavy atom. The predicted molar refractivity (Wildman–Crippen MR) is 75.3 cm³/mol. The van der Waals surface area contributed by atoms with Gasteiger partial charge >= 0.3 is 5.97 Å². The third kappa shape index (κ3) is 2.19. The van der Waals surface area contributed by atoms with Crippen LogP contribution in [0.3, 0.4) is 0 Å². The molecule has 1 amide bonds. The molecule has 4 heteroatoms. The number of carboxylic acid groups (broad SMARTS) is 1. The Labute approximate surface area is 118 Å². The zero-order valence-electron chi connectivity index (χ0n) is 11.5. The minimum atomic E-state index is -0.818. The molecule has 2 N–H and O–H groups in total. The second-order valence-corrected chi connectivity index (χ2v) is 6.08. The fourth-order valence-electron chi connectivity index (χ4n) is 3.97. The van der Waals surface area contributed by atoms with Gasteiger partial charge in [-0.1, -0.05) is 12.1 Å². The average Bonchev–Trinajstić information content (AvgIpc) is 2.98. The lowest BCUT2D eigenvalue weighted by molar-refractivity contribution is -0.148. The summed E-state index contributed by atoms with van der Waals surface area (Å²) in [4.78, 5) is 23.9. The minimum Gasteiger partial charge on any atom is -0.481 e. The molecule has 106 valence electrons. The molecule has 4 atom stereocenters. The zero-order chi connectivity index (χ0) is 14.3. The van der Waals surface area contributed by atoms with Crippen molar-refractivity contribution in [1.82, 2.24) is 0 Å². The van der Waals surface area contributed by atoms with Gasteiger partial charge in [-0.25, -0.2) is 0 Å². The first-order chi connectivity index (χ1) is 9.56. The number of aliphatic carboxylic acids is 1. The number of aryl methyl sites for hydroxylation is 1. The molecule has 2 aliphatic carbocycles. The summed E-state index contributed by atoms with van der Waals surface area (Å²) in [5.74, 6) is -1.39. The van der Waals surface area contributed by atoms with E-state index in [-0.39, 0.29) is 23.7 Å².